The molecule has 0 amide bonds. The number of thioether (sulfide) groups is 1. The molecule has 1 aromatic carbocycles. The van der Waals surface area contributed by atoms with Crippen LogP contribution in [0.5, 0.6) is 0 Å². The molecule has 0 saturated heterocycles. The minimum atomic E-state index is 0.984. The first kappa shape index (κ1) is 9.15. The summed E-state index contributed by atoms with van der Waals surface area (Å²) in [5.74, 6) is 5.31. The Kier molecular flexibility index (Phi) is 3.47. The van der Waals surface area contributed by atoms with E-state index in [4.69, 9.17) is 5.84 Å². The normalized spacial score (nSPS) is 9.73. The smallest absolute Gasteiger partial charge is 0.0630 e. The SMILES string of the molecule is CSc1cccc(NN)c1I. The predicted molar refractivity (Wildman–Crippen MR) is 58.8 cm³/mol. The molecule has 0 aliphatic carbocycles. The van der Waals surface area contributed by atoms with Crippen LogP contribution in [0.1, 0.15) is 0 Å². The lowest BCUT2D eigenvalue weighted by Crippen LogP contribution is -2.08. The molecule has 0 fully saturated rings. The number of hydrogen-bond donors (Lipinski definition) is 2. The first-order valence-corrected chi connectivity index (χ1v) is 5.39. The number of anilines is 1. The van der Waals surface area contributed by atoms with E-state index in [1.54, 1.807) is 11.8 Å². The summed E-state index contributed by atoms with van der Waals surface area (Å²) in [4.78, 5) is 1.25. The molecule has 2 nitrogen and oxygen atoms in total. The van der Waals surface area contributed by atoms with Crippen LogP contribution in [-0.2, 0) is 0 Å². The Morgan fingerprint density at radius 1 is 1.55 bits per heavy atom. The number of nitrogens with one attached hydrogen (secondary N) is 1. The van der Waals surface area contributed by atoms with Crippen molar-refractivity contribution in [1.29, 1.82) is 0 Å². The second kappa shape index (κ2) is 4.18. The fraction of sp³-hybridized carbons (Fsp3) is 0.143. The summed E-state index contributed by atoms with van der Waals surface area (Å²) in [5, 5.41) is 0. The number of halogens is 1. The summed E-state index contributed by atoms with van der Waals surface area (Å²) in [5.41, 5.74) is 3.63. The van der Waals surface area contributed by atoms with Gasteiger partial charge in [-0.05, 0) is 41.0 Å². The van der Waals surface area contributed by atoms with Gasteiger partial charge in [-0.2, -0.15) is 0 Å². The second-order valence-electron chi connectivity index (χ2n) is 1.97. The minimum Gasteiger partial charge on any atom is -0.323 e. The molecule has 0 unspecified atom stereocenters. The molecular weight excluding hydrogens is 271 g/mol. The molecule has 0 aromatic heterocycles. The van der Waals surface area contributed by atoms with Gasteiger partial charge in [0.1, 0.15) is 0 Å². The predicted octanol–water partition coefficient (Wildman–Crippen LogP) is 2.30. The van der Waals surface area contributed by atoms with Gasteiger partial charge in [0.05, 0.1) is 9.26 Å². The highest BCUT2D eigenvalue weighted by molar-refractivity contribution is 14.1. The largest absolute Gasteiger partial charge is 0.323 e. The van der Waals surface area contributed by atoms with Crippen LogP contribution in [0.25, 0.3) is 0 Å². The molecule has 0 radical (unpaired) electrons. The van der Waals surface area contributed by atoms with E-state index in [2.05, 4.69) is 40.3 Å². The third kappa shape index (κ3) is 2.00. The van der Waals surface area contributed by atoms with E-state index in [9.17, 15) is 0 Å². The second-order valence-corrected chi connectivity index (χ2v) is 3.89. The quantitative estimate of drug-likeness (QED) is 0.378. The third-order valence-electron chi connectivity index (χ3n) is 1.34. The van der Waals surface area contributed by atoms with E-state index in [0.717, 1.165) is 5.69 Å². The molecule has 0 aliphatic heterocycles. The molecule has 0 heterocycles. The van der Waals surface area contributed by atoms with Gasteiger partial charge in [-0.1, -0.05) is 6.07 Å². The molecule has 0 saturated carbocycles. The number of benzene rings is 1. The molecule has 0 aliphatic rings. The highest BCUT2D eigenvalue weighted by Crippen LogP contribution is 2.27. The molecule has 0 atom stereocenters. The van der Waals surface area contributed by atoms with Crippen LogP contribution in [0.2, 0.25) is 0 Å². The van der Waals surface area contributed by atoms with Crippen LogP contribution in [-0.4, -0.2) is 6.26 Å². The van der Waals surface area contributed by atoms with E-state index in [1.165, 1.54) is 8.47 Å². The molecule has 1 aromatic rings. The highest BCUT2D eigenvalue weighted by atomic mass is 127. The van der Waals surface area contributed by atoms with E-state index < -0.39 is 0 Å². The van der Waals surface area contributed by atoms with E-state index in [-0.39, 0.29) is 0 Å². The van der Waals surface area contributed by atoms with Gasteiger partial charge in [0.2, 0.25) is 0 Å². The van der Waals surface area contributed by atoms with Crippen molar-refractivity contribution in [2.45, 2.75) is 4.90 Å². The third-order valence-corrected chi connectivity index (χ3v) is 3.65. The van der Waals surface area contributed by atoms with Crippen molar-refractivity contribution in [3.05, 3.63) is 21.8 Å². The van der Waals surface area contributed by atoms with Gasteiger partial charge < -0.3 is 5.43 Å². The molecule has 60 valence electrons. The highest BCUT2D eigenvalue weighted by Gasteiger charge is 2.01. The van der Waals surface area contributed by atoms with Crippen molar-refractivity contribution in [2.24, 2.45) is 5.84 Å². The lowest BCUT2D eigenvalue weighted by atomic mass is 10.3. The Morgan fingerprint density at radius 3 is 2.82 bits per heavy atom. The van der Waals surface area contributed by atoms with Crippen molar-refractivity contribution >= 4 is 40.0 Å². The molecule has 3 N–H and O–H groups in total. The summed E-state index contributed by atoms with van der Waals surface area (Å²) in [6.07, 6.45) is 2.05. The fourth-order valence-corrected chi connectivity index (χ4v) is 2.46. The van der Waals surface area contributed by atoms with Crippen molar-refractivity contribution in [3.8, 4) is 0 Å². The Hall–Kier alpha value is 0.0600. The maximum atomic E-state index is 5.31. The monoisotopic (exact) mass is 280 g/mol. The Morgan fingerprint density at radius 2 is 2.27 bits per heavy atom. The molecule has 0 bridgehead atoms. The average Bonchev–Trinajstić information content (AvgIpc) is 2.05. The molecule has 1 rings (SSSR count). The van der Waals surface area contributed by atoms with Crippen molar-refractivity contribution in [2.75, 3.05) is 11.7 Å². The number of hydrazine groups is 1. The van der Waals surface area contributed by atoms with Crippen LogP contribution >= 0.6 is 34.4 Å². The van der Waals surface area contributed by atoms with Crippen molar-refractivity contribution < 1.29 is 0 Å². The Bertz CT molecular complexity index is 230. The summed E-state index contributed by atoms with van der Waals surface area (Å²) in [6, 6.07) is 6.03. The van der Waals surface area contributed by atoms with Gasteiger partial charge in [-0.15, -0.1) is 11.8 Å². The number of nitrogen functional groups attached to an aromatic ring is 1. The van der Waals surface area contributed by atoms with Crippen LogP contribution in [0.4, 0.5) is 5.69 Å². The van der Waals surface area contributed by atoms with E-state index in [0.29, 0.717) is 0 Å². The number of nitrogens with two attached hydrogens (primary N) is 1. The summed E-state index contributed by atoms with van der Waals surface area (Å²) < 4.78 is 1.18. The van der Waals surface area contributed by atoms with Crippen LogP contribution in [0, 0.1) is 3.57 Å². The topological polar surface area (TPSA) is 38.0 Å². The van der Waals surface area contributed by atoms with E-state index in [1.807, 2.05) is 12.1 Å². The Balaban J connectivity index is 3.10. The zero-order valence-corrected chi connectivity index (χ0v) is 9.07. The van der Waals surface area contributed by atoms with Gasteiger partial charge >= 0.3 is 0 Å². The lowest BCUT2D eigenvalue weighted by Gasteiger charge is -2.05. The number of hydrogen-bond acceptors (Lipinski definition) is 3. The summed E-state index contributed by atoms with van der Waals surface area (Å²) >= 11 is 4.00. The fourth-order valence-electron chi connectivity index (χ4n) is 0.780. The van der Waals surface area contributed by atoms with Crippen LogP contribution < -0.4 is 11.3 Å². The lowest BCUT2D eigenvalue weighted by molar-refractivity contribution is 1.29. The number of rotatable bonds is 2. The van der Waals surface area contributed by atoms with Crippen molar-refractivity contribution in [3.63, 3.8) is 0 Å². The van der Waals surface area contributed by atoms with Gasteiger partial charge in [0, 0.05) is 4.90 Å². The van der Waals surface area contributed by atoms with Gasteiger partial charge in [0.15, 0.2) is 0 Å². The average molecular weight is 280 g/mol. The maximum Gasteiger partial charge on any atom is 0.0630 e. The minimum absolute atomic E-state index is 0.984. The van der Waals surface area contributed by atoms with Gasteiger partial charge in [-0.3, -0.25) is 5.84 Å². The Labute approximate surface area is 84.0 Å². The maximum absolute atomic E-state index is 5.31. The molecular formula is C7H9IN2S. The zero-order chi connectivity index (χ0) is 8.27. The van der Waals surface area contributed by atoms with Crippen molar-refractivity contribution in [1.82, 2.24) is 0 Å². The molecule has 0 spiro atoms. The standard InChI is InChI=1S/C7H9IN2S/c1-11-6-4-2-3-5(10-9)7(6)8/h2-4,10H,9H2,1H3. The van der Waals surface area contributed by atoms with Crippen LogP contribution in [0.15, 0.2) is 23.1 Å². The summed E-state index contributed by atoms with van der Waals surface area (Å²) in [6.45, 7) is 0. The first-order chi connectivity index (χ1) is 5.29. The van der Waals surface area contributed by atoms with Crippen LogP contribution in [0.3, 0.4) is 0 Å². The van der Waals surface area contributed by atoms with Gasteiger partial charge in [-0.25, -0.2) is 0 Å². The van der Waals surface area contributed by atoms with E-state index >= 15 is 0 Å². The summed E-state index contributed by atoms with van der Waals surface area (Å²) in [7, 11) is 0. The molecule has 4 heteroatoms. The zero-order valence-electron chi connectivity index (χ0n) is 6.10. The first-order valence-electron chi connectivity index (χ1n) is 3.08. The molecule has 11 heavy (non-hydrogen) atoms. The van der Waals surface area contributed by atoms with Gasteiger partial charge in [0.25, 0.3) is 0 Å².